The molecule has 1 heterocycles. The molecule has 0 N–H and O–H groups in total. The fraction of sp³-hybridized carbons (Fsp3) is 0.0370. The zero-order chi connectivity index (χ0) is 40.0. The Morgan fingerprint density at radius 1 is 0.373 bits per heavy atom. The van der Waals surface area contributed by atoms with E-state index in [1.54, 1.807) is 0 Å². The highest BCUT2D eigenvalue weighted by atomic mass is 15.1. The van der Waals surface area contributed by atoms with Crippen molar-refractivity contribution in [3.63, 3.8) is 0 Å². The van der Waals surface area contributed by atoms with E-state index in [0.717, 1.165) is 72.4 Å². The molecule has 0 saturated carbocycles. The zero-order valence-electron chi connectivity index (χ0n) is 32.6. The molecule has 0 aliphatic heterocycles. The molecule has 278 valence electrons. The molecule has 0 amide bonds. The van der Waals surface area contributed by atoms with E-state index in [9.17, 15) is 10.5 Å². The predicted molar refractivity (Wildman–Crippen MR) is 244 cm³/mol. The van der Waals surface area contributed by atoms with Crippen molar-refractivity contribution >= 4 is 77.5 Å². The molecule has 0 radical (unpaired) electrons. The average molecular weight is 756 g/mol. The maximum Gasteiger partial charge on any atom is 0.0992 e. The van der Waals surface area contributed by atoms with Gasteiger partial charge in [-0.15, -0.1) is 0 Å². The first-order valence-corrected chi connectivity index (χ1v) is 19.7. The van der Waals surface area contributed by atoms with Crippen LogP contribution < -0.4 is 9.80 Å². The van der Waals surface area contributed by atoms with Gasteiger partial charge in [0.1, 0.15) is 0 Å². The summed E-state index contributed by atoms with van der Waals surface area (Å²) in [6, 6.07) is 70.4. The molecule has 0 fully saturated rings. The standard InChI is InChI=1S/C54H37N5/c1-36-13-19-44(20-14-36)57(46-11-5-7-38(27-46)34-55)48-24-18-42-31-52-51-26-25-50(58(45-21-15-37(2)16-22-45)47-12-6-8-39(28-47)35-56)33-54(51)59(53(52)32-43(42)30-48)49-23-17-40-9-3-4-10-41(40)29-49/h3-33H,1-2H3. The molecule has 0 saturated heterocycles. The van der Waals surface area contributed by atoms with E-state index in [2.05, 4.69) is 192 Å². The van der Waals surface area contributed by atoms with Crippen LogP contribution >= 0.6 is 0 Å². The highest BCUT2D eigenvalue weighted by molar-refractivity contribution is 6.15. The lowest BCUT2D eigenvalue weighted by Gasteiger charge is -2.26. The van der Waals surface area contributed by atoms with Gasteiger partial charge in [-0.3, -0.25) is 0 Å². The molecule has 0 unspecified atom stereocenters. The molecule has 0 atom stereocenters. The van der Waals surface area contributed by atoms with E-state index < -0.39 is 0 Å². The lowest BCUT2D eigenvalue weighted by molar-refractivity contribution is 1.18. The second kappa shape index (κ2) is 14.4. The summed E-state index contributed by atoms with van der Waals surface area (Å²) < 4.78 is 2.39. The van der Waals surface area contributed by atoms with Crippen molar-refractivity contribution in [2.75, 3.05) is 9.80 Å². The van der Waals surface area contributed by atoms with Gasteiger partial charge in [-0.25, -0.2) is 0 Å². The third-order valence-corrected chi connectivity index (χ3v) is 11.3. The third kappa shape index (κ3) is 6.38. The monoisotopic (exact) mass is 755 g/mol. The van der Waals surface area contributed by atoms with Gasteiger partial charge in [0.05, 0.1) is 34.3 Å². The van der Waals surface area contributed by atoms with Crippen LogP contribution in [-0.2, 0) is 0 Å². The van der Waals surface area contributed by atoms with Gasteiger partial charge in [0.25, 0.3) is 0 Å². The van der Waals surface area contributed by atoms with E-state index in [-0.39, 0.29) is 0 Å². The number of aromatic nitrogens is 1. The van der Waals surface area contributed by atoms with Crippen molar-refractivity contribution in [3.05, 3.63) is 210 Å². The predicted octanol–water partition coefficient (Wildman–Crippen LogP) is 14.4. The summed E-state index contributed by atoms with van der Waals surface area (Å²) in [5, 5.41) is 26.6. The van der Waals surface area contributed by atoms with E-state index in [4.69, 9.17) is 0 Å². The zero-order valence-corrected chi connectivity index (χ0v) is 32.6. The summed E-state index contributed by atoms with van der Waals surface area (Å²) >= 11 is 0. The van der Waals surface area contributed by atoms with Gasteiger partial charge >= 0.3 is 0 Å². The molecular formula is C54H37N5. The van der Waals surface area contributed by atoms with Crippen LogP contribution in [0.15, 0.2) is 188 Å². The SMILES string of the molecule is Cc1ccc(N(c2cccc(C#N)c2)c2ccc3cc4c5ccc(N(c6ccc(C)cc6)c6cccc(C#N)c6)cc5n(-c5ccc6ccccc6c5)c4cc3c2)cc1. The van der Waals surface area contributed by atoms with Crippen LogP contribution in [0, 0.1) is 36.5 Å². The first-order chi connectivity index (χ1) is 28.9. The molecule has 5 nitrogen and oxygen atoms in total. The van der Waals surface area contributed by atoms with Crippen molar-refractivity contribution in [3.8, 4) is 17.8 Å². The van der Waals surface area contributed by atoms with Crippen molar-refractivity contribution in [1.82, 2.24) is 4.57 Å². The number of nitrogens with zero attached hydrogens (tertiary/aromatic N) is 5. The summed E-state index contributed by atoms with van der Waals surface area (Å²) in [4.78, 5) is 4.45. The molecule has 1 aromatic heterocycles. The largest absolute Gasteiger partial charge is 0.310 e. The molecule has 10 rings (SSSR count). The summed E-state index contributed by atoms with van der Waals surface area (Å²) in [5.74, 6) is 0. The van der Waals surface area contributed by atoms with Crippen LogP contribution in [-0.4, -0.2) is 4.57 Å². The maximum absolute atomic E-state index is 9.87. The second-order valence-electron chi connectivity index (χ2n) is 15.1. The number of hydrogen-bond acceptors (Lipinski definition) is 4. The number of nitriles is 2. The molecular weight excluding hydrogens is 719 g/mol. The van der Waals surface area contributed by atoms with Gasteiger partial charge in [0.2, 0.25) is 0 Å². The molecule has 0 bridgehead atoms. The van der Waals surface area contributed by atoms with Gasteiger partial charge < -0.3 is 14.4 Å². The average Bonchev–Trinajstić information content (AvgIpc) is 3.59. The van der Waals surface area contributed by atoms with Gasteiger partial charge in [0, 0.05) is 50.6 Å². The van der Waals surface area contributed by atoms with Crippen molar-refractivity contribution in [2.45, 2.75) is 13.8 Å². The van der Waals surface area contributed by atoms with Gasteiger partial charge in [0.15, 0.2) is 0 Å². The summed E-state index contributed by atoms with van der Waals surface area (Å²) in [5.41, 5.74) is 12.7. The number of fused-ring (bicyclic) bond motifs is 5. The van der Waals surface area contributed by atoms with Crippen LogP contribution in [0.1, 0.15) is 22.3 Å². The first-order valence-electron chi connectivity index (χ1n) is 19.7. The van der Waals surface area contributed by atoms with Crippen molar-refractivity contribution in [1.29, 1.82) is 10.5 Å². The van der Waals surface area contributed by atoms with Crippen molar-refractivity contribution < 1.29 is 0 Å². The smallest absolute Gasteiger partial charge is 0.0992 e. The van der Waals surface area contributed by atoms with Gasteiger partial charge in [-0.05, 0) is 145 Å². The Balaban J connectivity index is 1.22. The normalized spacial score (nSPS) is 11.2. The van der Waals surface area contributed by atoms with E-state index in [1.165, 1.54) is 21.9 Å². The topological polar surface area (TPSA) is 59.0 Å². The Morgan fingerprint density at radius 2 is 0.881 bits per heavy atom. The lowest BCUT2D eigenvalue weighted by atomic mass is 10.0. The number of rotatable bonds is 7. The Morgan fingerprint density at radius 3 is 1.51 bits per heavy atom. The van der Waals surface area contributed by atoms with Gasteiger partial charge in [-0.1, -0.05) is 90.0 Å². The number of anilines is 6. The van der Waals surface area contributed by atoms with Crippen LogP contribution in [0.5, 0.6) is 0 Å². The molecule has 59 heavy (non-hydrogen) atoms. The Labute approximate surface area is 343 Å². The fourth-order valence-corrected chi connectivity index (χ4v) is 8.32. The molecule has 0 spiro atoms. The van der Waals surface area contributed by atoms with E-state index in [1.807, 2.05) is 36.4 Å². The molecule has 10 aromatic rings. The first kappa shape index (κ1) is 35.3. The summed E-state index contributed by atoms with van der Waals surface area (Å²) in [6.45, 7) is 4.19. The number of aryl methyl sites for hydroxylation is 2. The highest BCUT2D eigenvalue weighted by Crippen LogP contribution is 2.43. The molecule has 5 heteroatoms. The van der Waals surface area contributed by atoms with Gasteiger partial charge in [-0.2, -0.15) is 10.5 Å². The Bertz CT molecular complexity index is 3330. The van der Waals surface area contributed by atoms with Crippen LogP contribution in [0.3, 0.4) is 0 Å². The van der Waals surface area contributed by atoms with Crippen LogP contribution in [0.2, 0.25) is 0 Å². The highest BCUT2D eigenvalue weighted by Gasteiger charge is 2.20. The van der Waals surface area contributed by atoms with Crippen LogP contribution in [0.4, 0.5) is 34.1 Å². The Hall–Kier alpha value is -8.12. The van der Waals surface area contributed by atoms with Crippen molar-refractivity contribution in [2.24, 2.45) is 0 Å². The lowest BCUT2D eigenvalue weighted by Crippen LogP contribution is -2.10. The third-order valence-electron chi connectivity index (χ3n) is 11.3. The van der Waals surface area contributed by atoms with Crippen LogP contribution in [0.25, 0.3) is 49.0 Å². The summed E-state index contributed by atoms with van der Waals surface area (Å²) in [7, 11) is 0. The number of benzene rings is 9. The fourth-order valence-electron chi connectivity index (χ4n) is 8.32. The quantitative estimate of drug-likeness (QED) is 0.162. The minimum atomic E-state index is 0.607. The maximum atomic E-state index is 9.87. The van der Waals surface area contributed by atoms with E-state index in [0.29, 0.717) is 11.1 Å². The molecule has 0 aliphatic carbocycles. The van der Waals surface area contributed by atoms with E-state index >= 15 is 0 Å². The minimum absolute atomic E-state index is 0.607. The second-order valence-corrected chi connectivity index (χ2v) is 15.1. The Kier molecular flexibility index (Phi) is 8.63. The molecule has 0 aliphatic rings. The molecule has 9 aromatic carbocycles. The minimum Gasteiger partial charge on any atom is -0.310 e. The number of hydrogen-bond donors (Lipinski definition) is 0. The summed E-state index contributed by atoms with van der Waals surface area (Å²) in [6.07, 6.45) is 0.